The summed E-state index contributed by atoms with van der Waals surface area (Å²) in [5.74, 6) is -1.16. The molecule has 5 atom stereocenters. The lowest BCUT2D eigenvalue weighted by Crippen LogP contribution is -2.67. The van der Waals surface area contributed by atoms with E-state index in [0.29, 0.717) is 0 Å². The zero-order chi connectivity index (χ0) is 17.1. The average Bonchev–Trinajstić information content (AvgIpc) is 2.34. The molecule has 1 heterocycles. The molecule has 4 N–H and O–H groups in total. The Hall–Kier alpha value is -1.27. The molecule has 0 aromatic rings. The van der Waals surface area contributed by atoms with Gasteiger partial charge in [0.1, 0.15) is 24.5 Å². The van der Waals surface area contributed by atoms with E-state index in [1.54, 1.807) is 0 Å². The van der Waals surface area contributed by atoms with Crippen LogP contribution in [0.4, 0.5) is 0 Å². The largest absolute Gasteiger partial charge is 0.457 e. The van der Waals surface area contributed by atoms with Gasteiger partial charge in [-0.15, -0.1) is 0 Å². The normalized spacial score (nSPS) is 32.3. The molecule has 5 unspecified atom stereocenters. The van der Waals surface area contributed by atoms with Crippen molar-refractivity contribution in [1.29, 1.82) is 0 Å². The molecule has 1 aliphatic heterocycles. The van der Waals surface area contributed by atoms with Gasteiger partial charge in [0, 0.05) is 13.8 Å². The molecule has 0 aromatic carbocycles. The molecule has 1 aliphatic rings. The number of hydrogen-bond donors (Lipinski definition) is 3. The van der Waals surface area contributed by atoms with Crippen molar-refractivity contribution < 1.29 is 36.8 Å². The predicted molar refractivity (Wildman–Crippen MR) is 72.8 cm³/mol. The summed E-state index contributed by atoms with van der Waals surface area (Å²) in [5.41, 5.74) is 5.74. The van der Waals surface area contributed by atoms with Gasteiger partial charge in [0.2, 0.25) is 5.91 Å². The number of carbonyl (C=O) groups is 2. The van der Waals surface area contributed by atoms with E-state index in [1.807, 2.05) is 0 Å². The van der Waals surface area contributed by atoms with Crippen molar-refractivity contribution in [3.05, 3.63) is 0 Å². The Bertz CT molecular complexity index is 522. The molecular formula is C11H20N2O8S. The number of nitrogens with one attached hydrogen (secondary N) is 1. The number of esters is 1. The summed E-state index contributed by atoms with van der Waals surface area (Å²) in [6.07, 6.45) is -4.05. The van der Waals surface area contributed by atoms with E-state index in [4.69, 9.17) is 15.2 Å². The Labute approximate surface area is 128 Å². The lowest BCUT2D eigenvalue weighted by Gasteiger charge is -2.42. The minimum atomic E-state index is -3.75. The van der Waals surface area contributed by atoms with E-state index in [9.17, 15) is 23.1 Å². The molecular weight excluding hydrogens is 320 g/mol. The third-order valence-electron chi connectivity index (χ3n) is 2.88. The van der Waals surface area contributed by atoms with Crippen molar-refractivity contribution in [2.45, 2.75) is 44.4 Å². The van der Waals surface area contributed by atoms with Gasteiger partial charge in [-0.3, -0.25) is 13.8 Å². The van der Waals surface area contributed by atoms with Gasteiger partial charge in [-0.25, -0.2) is 0 Å². The fourth-order valence-corrected chi connectivity index (χ4v) is 2.42. The van der Waals surface area contributed by atoms with Crippen LogP contribution in [-0.2, 0) is 33.4 Å². The molecule has 0 radical (unpaired) electrons. The van der Waals surface area contributed by atoms with Crippen molar-refractivity contribution in [3.63, 3.8) is 0 Å². The van der Waals surface area contributed by atoms with Gasteiger partial charge in [-0.05, 0) is 0 Å². The summed E-state index contributed by atoms with van der Waals surface area (Å²) in [4.78, 5) is 22.4. The molecule has 0 aliphatic carbocycles. The highest BCUT2D eigenvalue weighted by molar-refractivity contribution is 7.85. The molecule has 1 rings (SSSR count). The van der Waals surface area contributed by atoms with Gasteiger partial charge in [-0.2, -0.15) is 8.42 Å². The highest BCUT2D eigenvalue weighted by Gasteiger charge is 2.46. The van der Waals surface area contributed by atoms with Gasteiger partial charge >= 0.3 is 5.97 Å². The Morgan fingerprint density at radius 2 is 1.95 bits per heavy atom. The monoisotopic (exact) mass is 340 g/mol. The molecule has 0 aromatic heterocycles. The van der Waals surface area contributed by atoms with Crippen LogP contribution < -0.4 is 11.1 Å². The molecule has 11 heteroatoms. The molecule has 22 heavy (non-hydrogen) atoms. The van der Waals surface area contributed by atoms with Crippen molar-refractivity contribution in [1.82, 2.24) is 5.32 Å². The predicted octanol–water partition coefficient (Wildman–Crippen LogP) is -2.56. The molecule has 1 saturated heterocycles. The van der Waals surface area contributed by atoms with E-state index < -0.39 is 59.2 Å². The maximum absolute atomic E-state index is 11.2. The fraction of sp³-hybridized carbons (Fsp3) is 0.818. The highest BCUT2D eigenvalue weighted by atomic mass is 32.2. The summed E-state index contributed by atoms with van der Waals surface area (Å²) in [6, 6.07) is -0.981. The Balaban J connectivity index is 2.91. The summed E-state index contributed by atoms with van der Waals surface area (Å²) < 4.78 is 36.8. The van der Waals surface area contributed by atoms with Gasteiger partial charge in [0.25, 0.3) is 10.1 Å². The Kier molecular flexibility index (Phi) is 6.26. The quantitative estimate of drug-likeness (QED) is 0.362. The zero-order valence-electron chi connectivity index (χ0n) is 12.4. The number of ether oxygens (including phenoxy) is 2. The van der Waals surface area contributed by atoms with Crippen LogP contribution in [0.15, 0.2) is 0 Å². The Morgan fingerprint density at radius 1 is 1.36 bits per heavy atom. The average molecular weight is 340 g/mol. The van der Waals surface area contributed by atoms with Crippen LogP contribution in [0.1, 0.15) is 13.8 Å². The second kappa shape index (κ2) is 7.33. The van der Waals surface area contributed by atoms with Crippen molar-refractivity contribution >= 4 is 22.0 Å². The smallest absolute Gasteiger partial charge is 0.303 e. The van der Waals surface area contributed by atoms with Gasteiger partial charge in [-0.1, -0.05) is 0 Å². The van der Waals surface area contributed by atoms with Crippen LogP contribution in [0.5, 0.6) is 0 Å². The van der Waals surface area contributed by atoms with E-state index in [0.717, 1.165) is 13.2 Å². The SMILES string of the molecule is CC(=O)NC1C(N)OC(COS(C)(=O)=O)C(O)C1OC(C)=O. The lowest BCUT2D eigenvalue weighted by atomic mass is 9.96. The number of rotatable bonds is 5. The van der Waals surface area contributed by atoms with Crippen LogP contribution in [0.2, 0.25) is 0 Å². The zero-order valence-corrected chi connectivity index (χ0v) is 13.2. The van der Waals surface area contributed by atoms with Gasteiger partial charge < -0.3 is 25.6 Å². The maximum atomic E-state index is 11.2. The van der Waals surface area contributed by atoms with Gasteiger partial charge in [0.05, 0.1) is 12.9 Å². The minimum Gasteiger partial charge on any atom is -0.457 e. The standard InChI is InChI=1S/C11H20N2O8S/c1-5(14)13-8-10(20-6(2)15)9(16)7(21-11(8)12)4-19-22(3,17)18/h7-11,16H,4,12H2,1-3H3,(H,13,14). The fourth-order valence-electron chi connectivity index (χ4n) is 2.04. The van der Waals surface area contributed by atoms with Crippen LogP contribution in [0.25, 0.3) is 0 Å². The van der Waals surface area contributed by atoms with Crippen LogP contribution in [0, 0.1) is 0 Å². The summed E-state index contributed by atoms with van der Waals surface area (Å²) >= 11 is 0. The van der Waals surface area contributed by atoms with Crippen LogP contribution >= 0.6 is 0 Å². The number of carbonyl (C=O) groups excluding carboxylic acids is 2. The second-order valence-corrected chi connectivity index (χ2v) is 6.56. The molecule has 0 bridgehead atoms. The second-order valence-electron chi connectivity index (χ2n) is 4.92. The summed E-state index contributed by atoms with van der Waals surface area (Å²) in [6.45, 7) is 1.85. The van der Waals surface area contributed by atoms with Crippen molar-refractivity contribution in [2.24, 2.45) is 5.73 Å². The summed E-state index contributed by atoms with van der Waals surface area (Å²) in [7, 11) is -3.75. The van der Waals surface area contributed by atoms with E-state index in [1.165, 1.54) is 6.92 Å². The number of aliphatic hydroxyl groups excluding tert-OH is 1. The first-order valence-electron chi connectivity index (χ1n) is 6.39. The molecule has 1 amide bonds. The topological polar surface area (TPSA) is 154 Å². The van der Waals surface area contributed by atoms with Crippen molar-refractivity contribution in [3.8, 4) is 0 Å². The minimum absolute atomic E-state index is 0.459. The van der Waals surface area contributed by atoms with Crippen LogP contribution in [-0.4, -0.2) is 68.8 Å². The molecule has 10 nitrogen and oxygen atoms in total. The third kappa shape index (κ3) is 5.50. The first-order valence-corrected chi connectivity index (χ1v) is 8.20. The first-order chi connectivity index (χ1) is 10.0. The third-order valence-corrected chi connectivity index (χ3v) is 3.44. The number of nitrogens with two attached hydrogens (primary N) is 1. The molecule has 128 valence electrons. The van der Waals surface area contributed by atoms with E-state index in [2.05, 4.69) is 9.50 Å². The van der Waals surface area contributed by atoms with E-state index >= 15 is 0 Å². The molecule has 1 fully saturated rings. The van der Waals surface area contributed by atoms with Crippen LogP contribution in [0.3, 0.4) is 0 Å². The number of hydrogen-bond acceptors (Lipinski definition) is 9. The summed E-state index contributed by atoms with van der Waals surface area (Å²) in [5, 5.41) is 12.6. The van der Waals surface area contributed by atoms with E-state index in [-0.39, 0.29) is 0 Å². The number of amides is 1. The molecule has 0 saturated carbocycles. The Morgan fingerprint density at radius 3 is 2.41 bits per heavy atom. The van der Waals surface area contributed by atoms with Crippen molar-refractivity contribution in [2.75, 3.05) is 12.9 Å². The first kappa shape index (κ1) is 18.8. The maximum Gasteiger partial charge on any atom is 0.303 e. The highest BCUT2D eigenvalue weighted by Crippen LogP contribution is 2.22. The molecule has 0 spiro atoms. The van der Waals surface area contributed by atoms with Gasteiger partial charge in [0.15, 0.2) is 6.10 Å². The lowest BCUT2D eigenvalue weighted by molar-refractivity contribution is -0.206. The number of aliphatic hydroxyl groups is 1.